The van der Waals surface area contributed by atoms with Crippen molar-refractivity contribution in [2.24, 2.45) is 5.41 Å². The summed E-state index contributed by atoms with van der Waals surface area (Å²) in [7, 11) is -5.29. The second-order valence-electron chi connectivity index (χ2n) is 5.22. The fourth-order valence-corrected chi connectivity index (χ4v) is 4.29. The molecule has 0 aromatic carbocycles. The van der Waals surface area contributed by atoms with Crippen molar-refractivity contribution in [1.82, 2.24) is 0 Å². The molecule has 1 N–H and O–H groups in total. The van der Waals surface area contributed by atoms with E-state index >= 15 is 0 Å². The Morgan fingerprint density at radius 1 is 1.10 bits per heavy atom. The molecule has 0 aliphatic carbocycles. The van der Waals surface area contributed by atoms with E-state index in [1.165, 1.54) is 13.8 Å². The van der Waals surface area contributed by atoms with Crippen LogP contribution >= 0.6 is 15.4 Å². The molecule has 0 aromatic rings. The summed E-state index contributed by atoms with van der Waals surface area (Å²) >= 11 is 0. The quantitative estimate of drug-likeness (QED) is 0.730. The third-order valence-electron chi connectivity index (χ3n) is 3.05. The zero-order chi connectivity index (χ0) is 15.6. The van der Waals surface area contributed by atoms with Crippen molar-refractivity contribution in [2.45, 2.75) is 6.10 Å². The Balaban J connectivity index is 1.82. The summed E-state index contributed by atoms with van der Waals surface area (Å²) in [5.41, 5.74) is -0.646. The van der Waals surface area contributed by atoms with Crippen LogP contribution in [0, 0.1) is 5.41 Å². The molecule has 124 valence electrons. The molecule has 2 aliphatic heterocycles. The molecule has 0 bridgehead atoms. The lowest BCUT2D eigenvalue weighted by molar-refractivity contribution is -0.0867. The minimum absolute atomic E-state index is 0.0324. The highest BCUT2D eigenvalue weighted by atomic mass is 31.2. The van der Waals surface area contributed by atoms with Crippen LogP contribution in [0.2, 0.25) is 0 Å². The minimum Gasteiger partial charge on any atom is -0.388 e. The zero-order valence-corrected chi connectivity index (χ0v) is 13.7. The van der Waals surface area contributed by atoms with Gasteiger partial charge in [-0.2, -0.15) is 0 Å². The van der Waals surface area contributed by atoms with Gasteiger partial charge in [-0.15, -0.1) is 0 Å². The van der Waals surface area contributed by atoms with Crippen LogP contribution in [0.4, 0.5) is 0 Å². The van der Waals surface area contributed by atoms with Crippen LogP contribution in [0.1, 0.15) is 0 Å². The molecule has 0 amide bonds. The molecule has 0 aromatic heterocycles. The molecule has 2 aliphatic rings. The first-order valence-corrected chi connectivity index (χ1v) is 9.80. The van der Waals surface area contributed by atoms with E-state index in [-0.39, 0.29) is 39.6 Å². The van der Waals surface area contributed by atoms with Crippen LogP contribution in [0.25, 0.3) is 0 Å². The second-order valence-corrected chi connectivity index (χ2v) is 8.95. The van der Waals surface area contributed by atoms with Crippen molar-refractivity contribution in [3.05, 3.63) is 0 Å². The Kier molecular flexibility index (Phi) is 5.63. The van der Waals surface area contributed by atoms with E-state index in [0.717, 1.165) is 0 Å². The summed E-state index contributed by atoms with van der Waals surface area (Å²) in [6.07, 6.45) is -0.920. The van der Waals surface area contributed by atoms with Gasteiger partial charge in [-0.3, -0.25) is 18.1 Å². The van der Waals surface area contributed by atoms with Crippen molar-refractivity contribution in [2.75, 3.05) is 53.4 Å². The van der Waals surface area contributed by atoms with Gasteiger partial charge < -0.3 is 18.9 Å². The third kappa shape index (κ3) is 4.82. The van der Waals surface area contributed by atoms with Crippen LogP contribution in [0.5, 0.6) is 0 Å². The van der Waals surface area contributed by atoms with Gasteiger partial charge in [0, 0.05) is 13.8 Å². The molecular weight excluding hydrogens is 326 g/mol. The van der Waals surface area contributed by atoms with Crippen LogP contribution in [-0.4, -0.2) is 64.6 Å². The predicted octanol–water partition coefficient (Wildman–Crippen LogP) is 1.02. The first-order valence-electron chi connectivity index (χ1n) is 6.35. The maximum Gasteiger partial charge on any atom is 0.474 e. The summed E-state index contributed by atoms with van der Waals surface area (Å²) < 4.78 is 54.1. The van der Waals surface area contributed by atoms with Crippen LogP contribution in [0.15, 0.2) is 0 Å². The standard InChI is InChI=1S/C10H20O9P2/c1-14-3-9(11)4-15-21(13)18-7-10(8-19-21)5-16-20(2,12)17-6-10/h9,11H,3-8H2,1-2H3. The molecular formula is C10H20O9P2. The molecule has 2 rings (SSSR count). The smallest absolute Gasteiger partial charge is 0.388 e. The van der Waals surface area contributed by atoms with E-state index in [0.29, 0.717) is 0 Å². The SMILES string of the molecule is COCC(O)COP1(=O)OCC2(COP(C)(=O)OC2)CO1. The van der Waals surface area contributed by atoms with Crippen molar-refractivity contribution >= 4 is 15.4 Å². The van der Waals surface area contributed by atoms with E-state index < -0.39 is 26.9 Å². The number of phosphoric acid groups is 1. The Bertz CT molecular complexity index is 428. The second kappa shape index (κ2) is 6.74. The lowest BCUT2D eigenvalue weighted by Crippen LogP contribution is -2.45. The number of ether oxygens (including phenoxy) is 1. The molecule has 0 saturated carbocycles. The van der Waals surface area contributed by atoms with Gasteiger partial charge >= 0.3 is 15.4 Å². The van der Waals surface area contributed by atoms with Gasteiger partial charge in [0.1, 0.15) is 6.10 Å². The number of aliphatic hydroxyl groups excluding tert-OH is 1. The van der Waals surface area contributed by atoms with Crippen LogP contribution < -0.4 is 0 Å². The summed E-state index contributed by atoms with van der Waals surface area (Å²) in [5.74, 6) is 0. The van der Waals surface area contributed by atoms with Crippen molar-refractivity contribution in [3.63, 3.8) is 0 Å². The molecule has 21 heavy (non-hydrogen) atoms. The normalized spacial score (nSPS) is 42.0. The number of rotatable bonds is 5. The average molecular weight is 346 g/mol. The van der Waals surface area contributed by atoms with Gasteiger partial charge in [-0.1, -0.05) is 0 Å². The van der Waals surface area contributed by atoms with Gasteiger partial charge in [-0.05, 0) is 0 Å². The fourth-order valence-electron chi connectivity index (χ4n) is 1.76. The van der Waals surface area contributed by atoms with Gasteiger partial charge in [-0.25, -0.2) is 4.57 Å². The number of phosphoric ester groups is 1. The molecule has 9 nitrogen and oxygen atoms in total. The summed E-state index contributed by atoms with van der Waals surface area (Å²) in [5, 5.41) is 9.44. The maximum absolute atomic E-state index is 12.1. The Hall–Kier alpha value is 0.180. The Labute approximate surface area is 123 Å². The predicted molar refractivity (Wildman–Crippen MR) is 71.2 cm³/mol. The number of hydrogen-bond donors (Lipinski definition) is 1. The monoisotopic (exact) mass is 346 g/mol. The lowest BCUT2D eigenvalue weighted by atomic mass is 9.93. The minimum atomic E-state index is -3.71. The highest BCUT2D eigenvalue weighted by Gasteiger charge is 2.48. The Morgan fingerprint density at radius 2 is 1.62 bits per heavy atom. The molecule has 1 atom stereocenters. The van der Waals surface area contributed by atoms with Crippen molar-refractivity contribution < 1.29 is 41.6 Å². The van der Waals surface area contributed by atoms with Gasteiger partial charge in [0.15, 0.2) is 0 Å². The van der Waals surface area contributed by atoms with Gasteiger partial charge in [0.2, 0.25) is 0 Å². The van der Waals surface area contributed by atoms with Gasteiger partial charge in [0.05, 0.1) is 45.1 Å². The van der Waals surface area contributed by atoms with E-state index in [2.05, 4.69) is 0 Å². The lowest BCUT2D eigenvalue weighted by Gasteiger charge is -2.41. The first-order chi connectivity index (χ1) is 9.78. The molecule has 11 heteroatoms. The first kappa shape index (κ1) is 17.5. The third-order valence-corrected chi connectivity index (χ3v) is 5.60. The van der Waals surface area contributed by atoms with Crippen LogP contribution in [0.3, 0.4) is 0 Å². The summed E-state index contributed by atoms with van der Waals surface area (Å²) in [6.45, 7) is 1.54. The molecule has 0 radical (unpaired) electrons. The van der Waals surface area contributed by atoms with Crippen LogP contribution in [-0.2, 0) is 36.5 Å². The zero-order valence-electron chi connectivity index (χ0n) is 11.9. The van der Waals surface area contributed by atoms with E-state index in [1.54, 1.807) is 0 Å². The maximum atomic E-state index is 12.1. The van der Waals surface area contributed by atoms with Crippen molar-refractivity contribution in [3.8, 4) is 0 Å². The van der Waals surface area contributed by atoms with Gasteiger partial charge in [0.25, 0.3) is 0 Å². The number of hydrogen-bond acceptors (Lipinski definition) is 9. The molecule has 2 saturated heterocycles. The molecule has 2 fully saturated rings. The Morgan fingerprint density at radius 3 is 2.14 bits per heavy atom. The average Bonchev–Trinajstić information content (AvgIpc) is 2.44. The molecule has 1 unspecified atom stereocenters. The summed E-state index contributed by atoms with van der Waals surface area (Å²) in [4.78, 5) is 0. The van der Waals surface area contributed by atoms with Crippen molar-refractivity contribution in [1.29, 1.82) is 0 Å². The highest BCUT2D eigenvalue weighted by Crippen LogP contribution is 2.58. The topological polar surface area (TPSA) is 110 Å². The fraction of sp³-hybridized carbons (Fsp3) is 1.00. The highest BCUT2D eigenvalue weighted by molar-refractivity contribution is 7.53. The number of methoxy groups -OCH3 is 1. The van der Waals surface area contributed by atoms with E-state index in [4.69, 9.17) is 27.4 Å². The van der Waals surface area contributed by atoms with E-state index in [1.807, 2.05) is 0 Å². The summed E-state index contributed by atoms with van der Waals surface area (Å²) in [6, 6.07) is 0. The largest absolute Gasteiger partial charge is 0.474 e. The van der Waals surface area contributed by atoms with E-state index in [9.17, 15) is 14.2 Å². The molecule has 2 heterocycles. The number of aliphatic hydroxyl groups is 1. The molecule has 1 spiro atoms.